The van der Waals surface area contributed by atoms with Crippen LogP contribution >= 0.6 is 11.6 Å². The number of likely N-dealkylation sites (tertiary alicyclic amines) is 1. The van der Waals surface area contributed by atoms with Crippen molar-refractivity contribution in [2.45, 2.75) is 24.6 Å². The van der Waals surface area contributed by atoms with Crippen LogP contribution in [0.5, 0.6) is 0 Å². The van der Waals surface area contributed by atoms with E-state index in [4.69, 9.17) is 17.3 Å². The molecule has 16 heavy (non-hydrogen) atoms. The largest absolute Gasteiger partial charge is 0.341 e. The first-order valence-electron chi connectivity index (χ1n) is 5.94. The quantitative estimate of drug-likeness (QED) is 0.667. The van der Waals surface area contributed by atoms with Crippen LogP contribution in [-0.2, 0) is 4.79 Å². The molecular formula is C11H22ClN3O. The molecule has 1 amide bonds. The predicted octanol–water partition coefficient (Wildman–Crippen LogP) is 0.497. The highest BCUT2D eigenvalue weighted by atomic mass is 35.5. The second-order valence-corrected chi connectivity index (χ2v) is 5.06. The van der Waals surface area contributed by atoms with Crippen LogP contribution in [0.4, 0.5) is 0 Å². The number of carbonyl (C=O) groups is 1. The molecule has 0 spiro atoms. The van der Waals surface area contributed by atoms with Gasteiger partial charge >= 0.3 is 0 Å². The van der Waals surface area contributed by atoms with Crippen molar-refractivity contribution in [2.24, 2.45) is 5.73 Å². The molecule has 1 fully saturated rings. The van der Waals surface area contributed by atoms with Gasteiger partial charge in [-0.2, -0.15) is 0 Å². The normalized spacial score (nSPS) is 21.1. The summed E-state index contributed by atoms with van der Waals surface area (Å²) in [6.45, 7) is 4.32. The van der Waals surface area contributed by atoms with Gasteiger partial charge in [-0.3, -0.25) is 4.79 Å². The van der Waals surface area contributed by atoms with E-state index in [-0.39, 0.29) is 11.3 Å². The van der Waals surface area contributed by atoms with Gasteiger partial charge in [0.1, 0.15) is 0 Å². The first kappa shape index (κ1) is 13.7. The van der Waals surface area contributed by atoms with E-state index in [1.807, 2.05) is 4.90 Å². The van der Waals surface area contributed by atoms with Crippen LogP contribution in [0.1, 0.15) is 19.3 Å². The molecule has 94 valence electrons. The number of nitrogens with zero attached hydrogens (tertiary/aromatic N) is 2. The summed E-state index contributed by atoms with van der Waals surface area (Å²) in [7, 11) is 2.09. The van der Waals surface area contributed by atoms with Crippen LogP contribution in [0.25, 0.3) is 0 Å². The molecule has 0 bridgehead atoms. The van der Waals surface area contributed by atoms with Crippen molar-refractivity contribution in [3.05, 3.63) is 0 Å². The minimum atomic E-state index is 0.0162. The molecule has 1 atom stereocenters. The van der Waals surface area contributed by atoms with E-state index in [1.54, 1.807) is 0 Å². The van der Waals surface area contributed by atoms with Crippen molar-refractivity contribution in [2.75, 3.05) is 39.8 Å². The lowest BCUT2D eigenvalue weighted by molar-refractivity contribution is -0.127. The molecule has 0 radical (unpaired) electrons. The highest BCUT2D eigenvalue weighted by molar-refractivity contribution is 6.22. The molecule has 1 aliphatic rings. The maximum atomic E-state index is 11.4. The molecule has 1 saturated heterocycles. The maximum absolute atomic E-state index is 11.4. The number of amides is 1. The van der Waals surface area contributed by atoms with Crippen molar-refractivity contribution < 1.29 is 4.79 Å². The topological polar surface area (TPSA) is 49.6 Å². The molecule has 0 saturated carbocycles. The van der Waals surface area contributed by atoms with Gasteiger partial charge in [-0.25, -0.2) is 0 Å². The molecule has 1 heterocycles. The van der Waals surface area contributed by atoms with Gasteiger partial charge in [0.25, 0.3) is 0 Å². The summed E-state index contributed by atoms with van der Waals surface area (Å²) in [5.74, 6) is 0.199. The van der Waals surface area contributed by atoms with Gasteiger partial charge in [0.2, 0.25) is 5.91 Å². The van der Waals surface area contributed by atoms with E-state index in [2.05, 4.69) is 11.9 Å². The number of hydrogen-bond donors (Lipinski definition) is 1. The zero-order chi connectivity index (χ0) is 12.0. The van der Waals surface area contributed by atoms with Gasteiger partial charge in [0.05, 0.1) is 5.38 Å². The zero-order valence-corrected chi connectivity index (χ0v) is 10.7. The fraction of sp³-hybridized carbons (Fsp3) is 0.909. The van der Waals surface area contributed by atoms with Crippen LogP contribution in [0.2, 0.25) is 0 Å². The average molecular weight is 248 g/mol. The van der Waals surface area contributed by atoms with E-state index in [0.717, 1.165) is 39.0 Å². The Morgan fingerprint density at radius 1 is 1.50 bits per heavy atom. The Morgan fingerprint density at radius 3 is 2.75 bits per heavy atom. The van der Waals surface area contributed by atoms with Crippen molar-refractivity contribution in [1.29, 1.82) is 0 Å². The molecule has 0 aromatic carbocycles. The lowest BCUT2D eigenvalue weighted by atomic mass is 10.3. The Balaban J connectivity index is 2.08. The molecular weight excluding hydrogens is 226 g/mol. The molecule has 1 unspecified atom stereocenters. The van der Waals surface area contributed by atoms with Crippen LogP contribution < -0.4 is 5.73 Å². The van der Waals surface area contributed by atoms with Gasteiger partial charge in [-0.15, -0.1) is 11.6 Å². The molecule has 0 aromatic rings. The van der Waals surface area contributed by atoms with E-state index < -0.39 is 0 Å². The van der Waals surface area contributed by atoms with Crippen LogP contribution in [0.15, 0.2) is 0 Å². The van der Waals surface area contributed by atoms with E-state index in [9.17, 15) is 4.79 Å². The molecule has 1 rings (SSSR count). The Hall–Kier alpha value is -0.320. The van der Waals surface area contributed by atoms with Gasteiger partial charge in [0.15, 0.2) is 0 Å². The minimum absolute atomic E-state index is 0.0162. The highest BCUT2D eigenvalue weighted by Crippen LogP contribution is 2.16. The van der Waals surface area contributed by atoms with Crippen LogP contribution in [0.3, 0.4) is 0 Å². The molecule has 2 N–H and O–H groups in total. The number of hydrogen-bond acceptors (Lipinski definition) is 3. The minimum Gasteiger partial charge on any atom is -0.341 e. The number of alkyl halides is 1. The fourth-order valence-electron chi connectivity index (χ4n) is 1.94. The second-order valence-electron chi connectivity index (χ2n) is 4.44. The molecule has 0 aliphatic carbocycles. The lowest BCUT2D eigenvalue weighted by Crippen LogP contribution is -2.30. The Bertz CT molecular complexity index is 225. The zero-order valence-electron chi connectivity index (χ0n) is 9.99. The third-order valence-corrected chi connectivity index (χ3v) is 3.17. The molecule has 4 nitrogen and oxygen atoms in total. The number of halogens is 1. The Kier molecular flexibility index (Phi) is 6.09. The molecule has 0 aromatic heterocycles. The summed E-state index contributed by atoms with van der Waals surface area (Å²) in [4.78, 5) is 15.6. The third kappa shape index (κ3) is 4.68. The maximum Gasteiger partial charge on any atom is 0.224 e. The first-order chi connectivity index (χ1) is 7.63. The van der Waals surface area contributed by atoms with Gasteiger partial charge < -0.3 is 15.5 Å². The summed E-state index contributed by atoms with van der Waals surface area (Å²) in [5, 5.41) is 0.0162. The second kappa shape index (κ2) is 7.09. The van der Waals surface area contributed by atoms with Crippen molar-refractivity contribution >= 4 is 17.5 Å². The molecule has 1 aliphatic heterocycles. The summed E-state index contributed by atoms with van der Waals surface area (Å²) in [5.41, 5.74) is 5.44. The van der Waals surface area contributed by atoms with Gasteiger partial charge in [0, 0.05) is 19.5 Å². The molecule has 5 heteroatoms. The summed E-state index contributed by atoms with van der Waals surface area (Å²) < 4.78 is 0. The van der Waals surface area contributed by atoms with Gasteiger partial charge in [-0.05, 0) is 39.5 Å². The van der Waals surface area contributed by atoms with Gasteiger partial charge in [-0.1, -0.05) is 0 Å². The van der Waals surface area contributed by atoms with Crippen LogP contribution in [-0.4, -0.2) is 60.9 Å². The van der Waals surface area contributed by atoms with E-state index >= 15 is 0 Å². The summed E-state index contributed by atoms with van der Waals surface area (Å²) in [6, 6.07) is 0. The fourth-order valence-corrected chi connectivity index (χ4v) is 2.24. The van der Waals surface area contributed by atoms with E-state index in [1.165, 1.54) is 0 Å². The average Bonchev–Trinajstić information content (AvgIpc) is 2.55. The van der Waals surface area contributed by atoms with Crippen molar-refractivity contribution in [3.63, 3.8) is 0 Å². The third-order valence-electron chi connectivity index (χ3n) is 2.88. The van der Waals surface area contributed by atoms with Crippen molar-refractivity contribution in [1.82, 2.24) is 9.80 Å². The lowest BCUT2D eigenvalue weighted by Gasteiger charge is -2.19. The Labute approximate surface area is 103 Å². The summed E-state index contributed by atoms with van der Waals surface area (Å²) >= 11 is 5.92. The number of rotatable bonds is 7. The summed E-state index contributed by atoms with van der Waals surface area (Å²) in [6.07, 6.45) is 2.55. The predicted molar refractivity (Wildman–Crippen MR) is 66.6 cm³/mol. The van der Waals surface area contributed by atoms with Crippen LogP contribution in [0, 0.1) is 0 Å². The first-order valence-corrected chi connectivity index (χ1v) is 6.37. The monoisotopic (exact) mass is 247 g/mol. The Morgan fingerprint density at radius 2 is 2.19 bits per heavy atom. The number of nitrogens with two attached hydrogens (primary N) is 1. The highest BCUT2D eigenvalue weighted by Gasteiger charge is 2.27. The smallest absolute Gasteiger partial charge is 0.224 e. The number of carbonyl (C=O) groups excluding carboxylic acids is 1. The van der Waals surface area contributed by atoms with Crippen molar-refractivity contribution in [3.8, 4) is 0 Å². The van der Waals surface area contributed by atoms with E-state index in [0.29, 0.717) is 13.0 Å². The SMILES string of the molecule is CN(CCCN)CCCN1CC(Cl)CC1=O. The standard InChI is InChI=1S/C11H22ClN3O/c1-14(5-2-4-13)6-3-7-15-9-10(12)8-11(15)16/h10H,2-9,13H2,1H3.